The van der Waals surface area contributed by atoms with Crippen LogP contribution in [0.5, 0.6) is 0 Å². The molecule has 120 valence electrons. The van der Waals surface area contributed by atoms with Gasteiger partial charge in [0.05, 0.1) is 11.6 Å². The van der Waals surface area contributed by atoms with Crippen LogP contribution < -0.4 is 4.90 Å². The summed E-state index contributed by atoms with van der Waals surface area (Å²) in [6, 6.07) is 5.11. The summed E-state index contributed by atoms with van der Waals surface area (Å²) in [5, 5.41) is 0. The van der Waals surface area contributed by atoms with E-state index in [1.807, 2.05) is 17.7 Å². The molecule has 1 saturated heterocycles. The number of para-hydroxylation sites is 1. The maximum atomic E-state index is 13.9. The molecular weight excluding hydrogens is 281 g/mol. The van der Waals surface area contributed by atoms with Gasteiger partial charge in [0.15, 0.2) is 5.82 Å². The number of anilines is 1. The molecule has 0 unspecified atom stereocenters. The number of unbranched alkanes of at least 4 members (excludes halogenated alkanes) is 1. The molecule has 1 fully saturated rings. The number of fused-ring (bicyclic) bond motifs is 1. The molecule has 1 aromatic heterocycles. The predicted molar refractivity (Wildman–Crippen MR) is 86.8 cm³/mol. The lowest BCUT2D eigenvalue weighted by Crippen LogP contribution is -2.38. The molecule has 0 radical (unpaired) electrons. The SMILES string of the molecule is CCCCOC1CCN(c2nc3c(F)cccc3n2C)CC1. The van der Waals surface area contributed by atoms with Crippen molar-refractivity contribution in [3.63, 3.8) is 0 Å². The minimum absolute atomic E-state index is 0.253. The largest absolute Gasteiger partial charge is 0.378 e. The van der Waals surface area contributed by atoms with Crippen LogP contribution in [0.2, 0.25) is 0 Å². The van der Waals surface area contributed by atoms with Gasteiger partial charge < -0.3 is 14.2 Å². The van der Waals surface area contributed by atoms with Crippen LogP contribution in [0.1, 0.15) is 32.6 Å². The van der Waals surface area contributed by atoms with Gasteiger partial charge in [-0.25, -0.2) is 9.37 Å². The fourth-order valence-corrected chi connectivity index (χ4v) is 3.07. The fraction of sp³-hybridized carbons (Fsp3) is 0.588. The molecule has 1 aliphatic rings. The van der Waals surface area contributed by atoms with Gasteiger partial charge in [0.25, 0.3) is 0 Å². The first-order valence-corrected chi connectivity index (χ1v) is 8.18. The van der Waals surface area contributed by atoms with E-state index in [4.69, 9.17) is 4.74 Å². The van der Waals surface area contributed by atoms with Gasteiger partial charge in [0, 0.05) is 26.7 Å². The highest BCUT2D eigenvalue weighted by Crippen LogP contribution is 2.26. The van der Waals surface area contributed by atoms with Crippen molar-refractivity contribution in [1.82, 2.24) is 9.55 Å². The Balaban J connectivity index is 1.69. The Morgan fingerprint density at radius 3 is 2.77 bits per heavy atom. The molecule has 0 spiro atoms. The van der Waals surface area contributed by atoms with Crippen molar-refractivity contribution in [2.24, 2.45) is 7.05 Å². The van der Waals surface area contributed by atoms with E-state index in [0.29, 0.717) is 11.6 Å². The molecule has 0 aliphatic carbocycles. The molecule has 0 bridgehead atoms. The zero-order valence-electron chi connectivity index (χ0n) is 13.4. The number of ether oxygens (including phenoxy) is 1. The Bertz CT molecular complexity index is 632. The van der Waals surface area contributed by atoms with E-state index in [-0.39, 0.29) is 5.82 Å². The van der Waals surface area contributed by atoms with Crippen LogP contribution in [-0.2, 0) is 11.8 Å². The summed E-state index contributed by atoms with van der Waals surface area (Å²) in [4.78, 5) is 6.74. The van der Waals surface area contributed by atoms with Crippen molar-refractivity contribution in [1.29, 1.82) is 0 Å². The quantitative estimate of drug-likeness (QED) is 0.792. The average Bonchev–Trinajstić information content (AvgIpc) is 2.87. The zero-order chi connectivity index (χ0) is 15.5. The molecule has 2 heterocycles. The van der Waals surface area contributed by atoms with Crippen molar-refractivity contribution >= 4 is 17.0 Å². The number of aryl methyl sites for hydroxylation is 1. The smallest absolute Gasteiger partial charge is 0.206 e. The Kier molecular flexibility index (Phi) is 4.62. The maximum absolute atomic E-state index is 13.9. The maximum Gasteiger partial charge on any atom is 0.206 e. The van der Waals surface area contributed by atoms with Crippen molar-refractivity contribution in [2.75, 3.05) is 24.6 Å². The molecule has 1 aromatic carbocycles. The molecule has 0 amide bonds. The van der Waals surface area contributed by atoms with Gasteiger partial charge in [-0.05, 0) is 31.4 Å². The summed E-state index contributed by atoms with van der Waals surface area (Å²) < 4.78 is 21.8. The van der Waals surface area contributed by atoms with E-state index >= 15 is 0 Å². The molecule has 2 aromatic rings. The lowest BCUT2D eigenvalue weighted by atomic mass is 10.1. The van der Waals surface area contributed by atoms with E-state index in [9.17, 15) is 4.39 Å². The first-order valence-electron chi connectivity index (χ1n) is 8.18. The molecule has 4 nitrogen and oxygen atoms in total. The van der Waals surface area contributed by atoms with Gasteiger partial charge >= 0.3 is 0 Å². The van der Waals surface area contributed by atoms with E-state index in [1.165, 1.54) is 12.5 Å². The summed E-state index contributed by atoms with van der Waals surface area (Å²) in [6.07, 6.45) is 4.67. The zero-order valence-corrected chi connectivity index (χ0v) is 13.4. The molecule has 1 aliphatic heterocycles. The van der Waals surface area contributed by atoms with Gasteiger partial charge in [0.1, 0.15) is 5.52 Å². The van der Waals surface area contributed by atoms with Crippen LogP contribution in [0.25, 0.3) is 11.0 Å². The number of aromatic nitrogens is 2. The van der Waals surface area contributed by atoms with Gasteiger partial charge in [0.2, 0.25) is 5.95 Å². The minimum atomic E-state index is -0.253. The molecule has 5 heteroatoms. The standard InChI is InChI=1S/C17H24FN3O/c1-3-4-12-22-13-8-10-21(11-9-13)17-19-16-14(18)6-5-7-15(16)20(17)2/h5-7,13H,3-4,8-12H2,1-2H3. The van der Waals surface area contributed by atoms with Crippen LogP contribution in [-0.4, -0.2) is 35.4 Å². The summed E-state index contributed by atoms with van der Waals surface area (Å²) in [5.74, 6) is 0.601. The number of hydrogen-bond acceptors (Lipinski definition) is 3. The summed E-state index contributed by atoms with van der Waals surface area (Å²) in [7, 11) is 1.95. The monoisotopic (exact) mass is 305 g/mol. The lowest BCUT2D eigenvalue weighted by Gasteiger charge is -2.32. The van der Waals surface area contributed by atoms with Gasteiger partial charge in [-0.1, -0.05) is 19.4 Å². The Labute approximate surface area is 130 Å². The van der Waals surface area contributed by atoms with Crippen molar-refractivity contribution in [3.8, 4) is 0 Å². The normalized spacial score (nSPS) is 16.6. The third-order valence-corrected chi connectivity index (χ3v) is 4.41. The number of nitrogens with zero attached hydrogens (tertiary/aromatic N) is 3. The van der Waals surface area contributed by atoms with Crippen LogP contribution in [0.3, 0.4) is 0 Å². The second-order valence-electron chi connectivity index (χ2n) is 5.99. The first kappa shape index (κ1) is 15.3. The first-order chi connectivity index (χ1) is 10.7. The number of halogens is 1. The third-order valence-electron chi connectivity index (χ3n) is 4.41. The van der Waals surface area contributed by atoms with Crippen LogP contribution in [0, 0.1) is 5.82 Å². The van der Waals surface area contributed by atoms with Crippen LogP contribution in [0.15, 0.2) is 18.2 Å². The second-order valence-corrected chi connectivity index (χ2v) is 5.99. The Morgan fingerprint density at radius 2 is 2.09 bits per heavy atom. The number of imidazole rings is 1. The highest BCUT2D eigenvalue weighted by molar-refractivity contribution is 5.79. The predicted octanol–water partition coefficient (Wildman–Crippen LogP) is 3.50. The summed E-state index contributed by atoms with van der Waals surface area (Å²) >= 11 is 0. The average molecular weight is 305 g/mol. The molecule has 22 heavy (non-hydrogen) atoms. The third kappa shape index (κ3) is 2.95. The second kappa shape index (κ2) is 6.65. The van der Waals surface area contributed by atoms with E-state index in [2.05, 4.69) is 16.8 Å². The minimum Gasteiger partial charge on any atom is -0.378 e. The number of hydrogen-bond donors (Lipinski definition) is 0. The van der Waals surface area contributed by atoms with Crippen molar-refractivity contribution < 1.29 is 9.13 Å². The molecule has 0 atom stereocenters. The number of rotatable bonds is 5. The lowest BCUT2D eigenvalue weighted by molar-refractivity contribution is 0.0352. The Morgan fingerprint density at radius 1 is 1.32 bits per heavy atom. The molecule has 3 rings (SSSR count). The number of benzene rings is 1. The van der Waals surface area contributed by atoms with E-state index < -0.39 is 0 Å². The summed E-state index contributed by atoms with van der Waals surface area (Å²) in [6.45, 7) is 4.86. The van der Waals surface area contributed by atoms with E-state index in [0.717, 1.165) is 50.4 Å². The molecular formula is C17H24FN3O. The Hall–Kier alpha value is -1.62. The van der Waals surface area contributed by atoms with E-state index in [1.54, 1.807) is 6.07 Å². The highest BCUT2D eigenvalue weighted by atomic mass is 19.1. The molecule has 0 N–H and O–H groups in total. The van der Waals surface area contributed by atoms with Crippen molar-refractivity contribution in [3.05, 3.63) is 24.0 Å². The van der Waals surface area contributed by atoms with Crippen molar-refractivity contribution in [2.45, 2.75) is 38.7 Å². The fourth-order valence-electron chi connectivity index (χ4n) is 3.07. The molecule has 0 saturated carbocycles. The van der Waals surface area contributed by atoms with Crippen LogP contribution >= 0.6 is 0 Å². The van der Waals surface area contributed by atoms with Gasteiger partial charge in [-0.2, -0.15) is 0 Å². The van der Waals surface area contributed by atoms with Gasteiger partial charge in [-0.3, -0.25) is 0 Å². The summed E-state index contributed by atoms with van der Waals surface area (Å²) in [5.41, 5.74) is 1.30. The highest BCUT2D eigenvalue weighted by Gasteiger charge is 2.23. The number of piperidine rings is 1. The van der Waals surface area contributed by atoms with Gasteiger partial charge in [-0.15, -0.1) is 0 Å². The topological polar surface area (TPSA) is 30.3 Å². The van der Waals surface area contributed by atoms with Crippen LogP contribution in [0.4, 0.5) is 10.3 Å².